The van der Waals surface area contributed by atoms with Gasteiger partial charge in [-0.25, -0.2) is 4.39 Å². The number of anilines is 1. The Morgan fingerprint density at radius 3 is 2.57 bits per heavy atom. The Kier molecular flexibility index (Phi) is 4.46. The lowest BCUT2D eigenvalue weighted by Gasteiger charge is -2.31. The van der Waals surface area contributed by atoms with Gasteiger partial charge >= 0.3 is 0 Å². The number of hydrogen-bond donors (Lipinski definition) is 1. The van der Waals surface area contributed by atoms with Crippen LogP contribution in [-0.2, 0) is 0 Å². The number of hydrogen-bond acceptors (Lipinski definition) is 3. The van der Waals surface area contributed by atoms with Gasteiger partial charge in [-0.1, -0.05) is 23.9 Å². The quantitative estimate of drug-likeness (QED) is 0.931. The first-order chi connectivity index (χ1) is 10.2. The van der Waals surface area contributed by atoms with Crippen LogP contribution in [0.1, 0.15) is 5.56 Å². The summed E-state index contributed by atoms with van der Waals surface area (Å²) in [7, 11) is 0. The summed E-state index contributed by atoms with van der Waals surface area (Å²) in [6.45, 7) is 6.06. The molecule has 0 bridgehead atoms. The number of nitrogens with one attached hydrogen (secondary N) is 1. The van der Waals surface area contributed by atoms with Crippen molar-refractivity contribution in [2.45, 2.75) is 16.7 Å². The standard InChI is InChI=1S/C17H19FN2S/c1-13-12-14(18)6-7-16(13)21-17-5-3-2-4-15(17)20-10-8-19-9-11-20/h2-7,12,19H,8-11H2,1H3. The van der Waals surface area contributed by atoms with E-state index < -0.39 is 0 Å². The van der Waals surface area contributed by atoms with Gasteiger partial charge in [0.2, 0.25) is 0 Å². The van der Waals surface area contributed by atoms with Crippen molar-refractivity contribution >= 4 is 17.4 Å². The molecule has 2 aromatic carbocycles. The van der Waals surface area contributed by atoms with E-state index in [0.29, 0.717) is 0 Å². The lowest BCUT2D eigenvalue weighted by molar-refractivity contribution is 0.587. The summed E-state index contributed by atoms with van der Waals surface area (Å²) in [5.41, 5.74) is 2.25. The highest BCUT2D eigenvalue weighted by molar-refractivity contribution is 7.99. The molecule has 3 rings (SSSR count). The number of halogens is 1. The second-order valence-corrected chi connectivity index (χ2v) is 6.30. The zero-order valence-electron chi connectivity index (χ0n) is 12.1. The van der Waals surface area contributed by atoms with Gasteiger partial charge in [-0.2, -0.15) is 0 Å². The maximum absolute atomic E-state index is 13.2. The van der Waals surface area contributed by atoms with E-state index in [1.807, 2.05) is 13.0 Å². The Balaban J connectivity index is 1.88. The zero-order valence-corrected chi connectivity index (χ0v) is 12.9. The molecule has 0 spiro atoms. The van der Waals surface area contributed by atoms with Crippen LogP contribution in [0.25, 0.3) is 0 Å². The van der Waals surface area contributed by atoms with Crippen molar-refractivity contribution in [3.8, 4) is 0 Å². The molecule has 1 fully saturated rings. The molecule has 2 aromatic rings. The van der Waals surface area contributed by atoms with Gasteiger partial charge in [-0.05, 0) is 42.8 Å². The van der Waals surface area contributed by atoms with Gasteiger partial charge in [0.05, 0.1) is 5.69 Å². The lowest BCUT2D eigenvalue weighted by atomic mass is 10.2. The average Bonchev–Trinajstić information content (AvgIpc) is 2.51. The molecular weight excluding hydrogens is 283 g/mol. The van der Waals surface area contributed by atoms with E-state index in [4.69, 9.17) is 0 Å². The molecule has 1 aliphatic heterocycles. The SMILES string of the molecule is Cc1cc(F)ccc1Sc1ccccc1N1CCNCC1. The first-order valence-electron chi connectivity index (χ1n) is 7.23. The molecule has 1 heterocycles. The minimum Gasteiger partial charge on any atom is -0.368 e. The van der Waals surface area contributed by atoms with Gasteiger partial charge < -0.3 is 10.2 Å². The van der Waals surface area contributed by atoms with Crippen molar-refractivity contribution in [3.63, 3.8) is 0 Å². The number of nitrogens with zero attached hydrogens (tertiary/aromatic N) is 1. The maximum atomic E-state index is 13.2. The fraction of sp³-hybridized carbons (Fsp3) is 0.294. The fourth-order valence-electron chi connectivity index (χ4n) is 2.56. The maximum Gasteiger partial charge on any atom is 0.123 e. The van der Waals surface area contributed by atoms with E-state index in [2.05, 4.69) is 34.5 Å². The van der Waals surface area contributed by atoms with Crippen LogP contribution in [0.3, 0.4) is 0 Å². The molecular formula is C17H19FN2S. The Morgan fingerprint density at radius 2 is 1.81 bits per heavy atom. The summed E-state index contributed by atoms with van der Waals surface area (Å²) in [5, 5.41) is 3.38. The van der Waals surface area contributed by atoms with Crippen molar-refractivity contribution in [2.24, 2.45) is 0 Å². The van der Waals surface area contributed by atoms with Gasteiger partial charge in [0.1, 0.15) is 5.82 Å². The largest absolute Gasteiger partial charge is 0.368 e. The van der Waals surface area contributed by atoms with Gasteiger partial charge in [0, 0.05) is 36.0 Å². The van der Waals surface area contributed by atoms with Crippen molar-refractivity contribution in [2.75, 3.05) is 31.1 Å². The Morgan fingerprint density at radius 1 is 1.05 bits per heavy atom. The number of aryl methyl sites for hydroxylation is 1. The fourth-order valence-corrected chi connectivity index (χ4v) is 3.60. The van der Waals surface area contributed by atoms with Gasteiger partial charge in [-0.15, -0.1) is 0 Å². The molecule has 0 amide bonds. The minimum absolute atomic E-state index is 0.174. The number of piperazine rings is 1. The molecule has 0 saturated carbocycles. The third-order valence-corrected chi connectivity index (χ3v) is 4.92. The molecule has 0 unspecified atom stereocenters. The van der Waals surface area contributed by atoms with Crippen molar-refractivity contribution in [1.82, 2.24) is 5.32 Å². The van der Waals surface area contributed by atoms with Crippen molar-refractivity contribution in [1.29, 1.82) is 0 Å². The Labute approximate surface area is 129 Å². The van der Waals surface area contributed by atoms with Crippen LogP contribution in [0.15, 0.2) is 52.3 Å². The summed E-state index contributed by atoms with van der Waals surface area (Å²) < 4.78 is 13.2. The summed E-state index contributed by atoms with van der Waals surface area (Å²) in [5.74, 6) is -0.174. The molecule has 21 heavy (non-hydrogen) atoms. The Bertz CT molecular complexity index is 624. The smallest absolute Gasteiger partial charge is 0.123 e. The van der Waals surface area contributed by atoms with Crippen LogP contribution in [-0.4, -0.2) is 26.2 Å². The van der Waals surface area contributed by atoms with E-state index in [1.165, 1.54) is 16.6 Å². The van der Waals surface area contributed by atoms with E-state index in [0.717, 1.165) is 36.6 Å². The molecule has 2 nitrogen and oxygen atoms in total. The molecule has 4 heteroatoms. The number of benzene rings is 2. The predicted molar refractivity (Wildman–Crippen MR) is 86.8 cm³/mol. The second-order valence-electron chi connectivity index (χ2n) is 5.22. The van der Waals surface area contributed by atoms with Crippen molar-refractivity contribution < 1.29 is 4.39 Å². The summed E-state index contributed by atoms with van der Waals surface area (Å²) in [4.78, 5) is 4.76. The predicted octanol–water partition coefficient (Wildman–Crippen LogP) is 3.69. The van der Waals surface area contributed by atoms with Gasteiger partial charge in [-0.3, -0.25) is 0 Å². The van der Waals surface area contributed by atoms with Gasteiger partial charge in [0.15, 0.2) is 0 Å². The molecule has 1 N–H and O–H groups in total. The van der Waals surface area contributed by atoms with Crippen LogP contribution < -0.4 is 10.2 Å². The molecule has 0 aromatic heterocycles. The molecule has 0 aliphatic carbocycles. The zero-order chi connectivity index (χ0) is 14.7. The first kappa shape index (κ1) is 14.4. The lowest BCUT2D eigenvalue weighted by Crippen LogP contribution is -2.43. The topological polar surface area (TPSA) is 15.3 Å². The van der Waals surface area contributed by atoms with E-state index in [-0.39, 0.29) is 5.82 Å². The van der Waals surface area contributed by atoms with Crippen LogP contribution >= 0.6 is 11.8 Å². The molecule has 1 aliphatic rings. The minimum atomic E-state index is -0.174. The molecule has 110 valence electrons. The summed E-state index contributed by atoms with van der Waals surface area (Å²) >= 11 is 1.71. The van der Waals surface area contributed by atoms with Crippen LogP contribution in [0.5, 0.6) is 0 Å². The number of para-hydroxylation sites is 1. The molecule has 1 saturated heterocycles. The average molecular weight is 302 g/mol. The summed E-state index contributed by atoms with van der Waals surface area (Å²) in [6.07, 6.45) is 0. The number of rotatable bonds is 3. The highest BCUT2D eigenvalue weighted by atomic mass is 32.2. The first-order valence-corrected chi connectivity index (χ1v) is 8.04. The van der Waals surface area contributed by atoms with E-state index in [9.17, 15) is 4.39 Å². The third-order valence-electron chi connectivity index (χ3n) is 3.68. The monoisotopic (exact) mass is 302 g/mol. The van der Waals surface area contributed by atoms with Crippen LogP contribution in [0.2, 0.25) is 0 Å². The van der Waals surface area contributed by atoms with E-state index >= 15 is 0 Å². The van der Waals surface area contributed by atoms with Gasteiger partial charge in [0.25, 0.3) is 0 Å². The van der Waals surface area contributed by atoms with Crippen molar-refractivity contribution in [3.05, 3.63) is 53.8 Å². The van der Waals surface area contributed by atoms with Crippen LogP contribution in [0, 0.1) is 12.7 Å². The third kappa shape index (κ3) is 3.39. The molecule has 0 radical (unpaired) electrons. The van der Waals surface area contributed by atoms with Crippen LogP contribution in [0.4, 0.5) is 10.1 Å². The Hall–Kier alpha value is -1.52. The molecule has 0 atom stereocenters. The highest BCUT2D eigenvalue weighted by Crippen LogP contribution is 2.37. The summed E-state index contributed by atoms with van der Waals surface area (Å²) in [6, 6.07) is 13.4. The highest BCUT2D eigenvalue weighted by Gasteiger charge is 2.15. The normalized spacial score (nSPS) is 15.2. The second kappa shape index (κ2) is 6.50. The van der Waals surface area contributed by atoms with E-state index in [1.54, 1.807) is 17.8 Å².